The third-order valence-corrected chi connectivity index (χ3v) is 7.99. The number of benzene rings is 1. The molecular formula is C32H31F12N5O6. The van der Waals surface area contributed by atoms with E-state index in [0.717, 1.165) is 4.90 Å². The van der Waals surface area contributed by atoms with Crippen LogP contribution < -0.4 is 15.4 Å². The molecule has 2 atom stereocenters. The van der Waals surface area contributed by atoms with E-state index in [1.807, 2.05) is 0 Å². The molecule has 3 aromatic rings. The van der Waals surface area contributed by atoms with E-state index in [1.54, 1.807) is 6.92 Å². The SMILES string of the molecule is CCC1(N)C(c2ncc(CCC(=O)O)c(Cc3cc(C(F)(F)F)cc(C(F)(F)F)c3)n2)Cc2nc(OC)ccc2N1C(=O)O.FC(F)(F)COCC(F)(F)F. The number of hydrogen-bond donors (Lipinski definition) is 3. The molecule has 0 saturated heterocycles. The molecule has 1 aliphatic heterocycles. The van der Waals surface area contributed by atoms with E-state index in [0.29, 0.717) is 12.1 Å². The summed E-state index contributed by atoms with van der Waals surface area (Å²) in [6.45, 7) is -2.10. The molecule has 4 rings (SSSR count). The molecule has 0 spiro atoms. The number of methoxy groups -OCH3 is 1. The maximum Gasteiger partial charge on any atom is 0.416 e. The van der Waals surface area contributed by atoms with Crippen molar-refractivity contribution >= 4 is 17.7 Å². The van der Waals surface area contributed by atoms with Gasteiger partial charge in [0.1, 0.15) is 24.7 Å². The van der Waals surface area contributed by atoms with Crippen LogP contribution in [0.25, 0.3) is 0 Å². The number of pyridine rings is 1. The molecule has 304 valence electrons. The van der Waals surface area contributed by atoms with Gasteiger partial charge >= 0.3 is 36.8 Å². The molecule has 0 fully saturated rings. The zero-order valence-corrected chi connectivity index (χ0v) is 28.4. The first-order valence-electron chi connectivity index (χ1n) is 15.6. The molecule has 0 saturated carbocycles. The molecule has 1 aliphatic rings. The molecular weight excluding hydrogens is 778 g/mol. The molecule has 2 aromatic heterocycles. The number of aromatic nitrogens is 3. The lowest BCUT2D eigenvalue weighted by atomic mass is 9.80. The number of rotatable bonds is 10. The number of anilines is 1. The van der Waals surface area contributed by atoms with Crippen molar-refractivity contribution < 1.29 is 82.0 Å². The van der Waals surface area contributed by atoms with Crippen molar-refractivity contribution in [1.82, 2.24) is 15.0 Å². The van der Waals surface area contributed by atoms with Crippen molar-refractivity contribution in [3.8, 4) is 5.88 Å². The number of hydrogen-bond acceptors (Lipinski definition) is 8. The van der Waals surface area contributed by atoms with E-state index in [9.17, 15) is 72.5 Å². The minimum Gasteiger partial charge on any atom is -0.481 e. The van der Waals surface area contributed by atoms with E-state index >= 15 is 0 Å². The Balaban J connectivity index is 0.000000641. The van der Waals surface area contributed by atoms with Gasteiger partial charge in [0.2, 0.25) is 5.88 Å². The molecule has 2 unspecified atom stereocenters. The van der Waals surface area contributed by atoms with E-state index in [1.165, 1.54) is 25.4 Å². The van der Waals surface area contributed by atoms with Gasteiger partial charge < -0.3 is 25.4 Å². The second-order valence-electron chi connectivity index (χ2n) is 11.9. The van der Waals surface area contributed by atoms with Gasteiger partial charge in [-0.3, -0.25) is 9.69 Å². The van der Waals surface area contributed by atoms with Crippen LogP contribution in [0.4, 0.5) is 63.2 Å². The van der Waals surface area contributed by atoms with Crippen LogP contribution in [0.15, 0.2) is 36.5 Å². The minimum absolute atomic E-state index is 0.00546. The number of nitrogens with two attached hydrogens (primary N) is 1. The Kier molecular flexibility index (Phi) is 13.6. The van der Waals surface area contributed by atoms with Gasteiger partial charge in [0.05, 0.1) is 41.2 Å². The van der Waals surface area contributed by atoms with E-state index in [4.69, 9.17) is 10.5 Å². The molecule has 0 bridgehead atoms. The Morgan fingerprint density at radius 3 is 1.93 bits per heavy atom. The number of aliphatic carboxylic acids is 1. The monoisotopic (exact) mass is 809 g/mol. The maximum absolute atomic E-state index is 13.5. The van der Waals surface area contributed by atoms with Crippen molar-refractivity contribution in [3.63, 3.8) is 0 Å². The fourth-order valence-corrected chi connectivity index (χ4v) is 5.52. The second-order valence-corrected chi connectivity index (χ2v) is 11.9. The number of carbonyl (C=O) groups is 2. The normalized spacial score (nSPS) is 17.6. The number of carboxylic acid groups (broad SMARTS) is 2. The fourth-order valence-electron chi connectivity index (χ4n) is 5.52. The Hall–Kier alpha value is -4.93. The first-order chi connectivity index (χ1) is 25.2. The van der Waals surface area contributed by atoms with Gasteiger partial charge in [-0.2, -0.15) is 52.7 Å². The third kappa shape index (κ3) is 12.0. The Labute approximate surface area is 303 Å². The van der Waals surface area contributed by atoms with Crippen LogP contribution in [-0.4, -0.2) is 75.6 Å². The minimum atomic E-state index is -5.08. The van der Waals surface area contributed by atoms with Crippen LogP contribution >= 0.6 is 0 Å². The highest BCUT2D eigenvalue weighted by atomic mass is 19.4. The Morgan fingerprint density at radius 1 is 0.909 bits per heavy atom. The van der Waals surface area contributed by atoms with Gasteiger partial charge in [-0.15, -0.1) is 0 Å². The highest BCUT2D eigenvalue weighted by molar-refractivity contribution is 5.89. The summed E-state index contributed by atoms with van der Waals surface area (Å²) in [6.07, 6.45) is -20.8. The van der Waals surface area contributed by atoms with Crippen LogP contribution in [0.2, 0.25) is 0 Å². The third-order valence-electron chi connectivity index (χ3n) is 7.99. The van der Waals surface area contributed by atoms with Crippen molar-refractivity contribution in [3.05, 3.63) is 76.0 Å². The predicted octanol–water partition coefficient (Wildman–Crippen LogP) is 7.54. The van der Waals surface area contributed by atoms with Crippen LogP contribution in [0.5, 0.6) is 5.88 Å². The van der Waals surface area contributed by atoms with Crippen molar-refractivity contribution in [2.24, 2.45) is 5.73 Å². The van der Waals surface area contributed by atoms with Crippen LogP contribution in [0.3, 0.4) is 0 Å². The Morgan fingerprint density at radius 2 is 1.47 bits per heavy atom. The number of amides is 1. The fraction of sp³-hybridized carbons (Fsp3) is 0.469. The highest BCUT2D eigenvalue weighted by Gasteiger charge is 2.50. The second kappa shape index (κ2) is 16.8. The van der Waals surface area contributed by atoms with E-state index < -0.39 is 85.5 Å². The van der Waals surface area contributed by atoms with Crippen LogP contribution in [0.1, 0.15) is 65.1 Å². The molecule has 1 amide bonds. The molecule has 11 nitrogen and oxygen atoms in total. The molecule has 4 N–H and O–H groups in total. The summed E-state index contributed by atoms with van der Waals surface area (Å²) in [4.78, 5) is 37.8. The maximum atomic E-state index is 13.5. The summed E-state index contributed by atoms with van der Waals surface area (Å²) in [6, 6.07) is 4.08. The highest BCUT2D eigenvalue weighted by Crippen LogP contribution is 2.44. The summed E-state index contributed by atoms with van der Waals surface area (Å²) < 4.78 is 157. The standard InChI is InChI=1S/C28H27F6N5O5.C4H4F6O/c1-3-26(35)18(12-20-21(39(26)25(42)43)5-6-22(37-20)44-2)24-36-13-15(4-7-23(40)41)19(38-24)10-14-8-16(27(29,30)31)11-17(9-14)28(32,33)34;5-3(6,7)1-11-2-4(8,9)10/h5-6,8-9,11,13,18H,3-4,7,10,12,35H2,1-2H3,(H,40,41)(H,42,43);1-2H2. The molecule has 3 heterocycles. The predicted molar refractivity (Wildman–Crippen MR) is 165 cm³/mol. The summed E-state index contributed by atoms with van der Waals surface area (Å²) >= 11 is 0. The molecule has 23 heteroatoms. The lowest BCUT2D eigenvalue weighted by Gasteiger charge is -2.47. The van der Waals surface area contributed by atoms with Gasteiger partial charge in [-0.05, 0) is 48.2 Å². The summed E-state index contributed by atoms with van der Waals surface area (Å²) in [5.74, 6) is -2.04. The average Bonchev–Trinajstić information content (AvgIpc) is 3.05. The number of ether oxygens (including phenoxy) is 2. The molecule has 55 heavy (non-hydrogen) atoms. The van der Waals surface area contributed by atoms with Crippen LogP contribution in [-0.2, 0) is 41.1 Å². The smallest absolute Gasteiger partial charge is 0.416 e. The lowest BCUT2D eigenvalue weighted by Crippen LogP contribution is -2.64. The summed E-state index contributed by atoms with van der Waals surface area (Å²) in [5, 5.41) is 19.3. The summed E-state index contributed by atoms with van der Waals surface area (Å²) in [5.41, 5.74) is 2.27. The number of carboxylic acids is 1. The van der Waals surface area contributed by atoms with Gasteiger partial charge in [0.15, 0.2) is 0 Å². The largest absolute Gasteiger partial charge is 0.481 e. The molecule has 0 radical (unpaired) electrons. The van der Waals surface area contributed by atoms with Crippen molar-refractivity contribution in [2.45, 2.75) is 75.3 Å². The van der Waals surface area contributed by atoms with Crippen molar-refractivity contribution in [2.75, 3.05) is 25.2 Å². The first-order valence-corrected chi connectivity index (χ1v) is 15.6. The van der Waals surface area contributed by atoms with Gasteiger partial charge in [-0.25, -0.2) is 19.7 Å². The number of nitrogens with zero attached hydrogens (tertiary/aromatic N) is 4. The average molecular weight is 810 g/mol. The zero-order chi connectivity index (χ0) is 41.7. The van der Waals surface area contributed by atoms with E-state index in [2.05, 4.69) is 19.7 Å². The first kappa shape index (κ1) is 44.5. The number of alkyl halides is 12. The van der Waals surface area contributed by atoms with E-state index in [-0.39, 0.29) is 65.2 Å². The number of aryl methyl sites for hydroxylation is 1. The number of fused-ring (bicyclic) bond motifs is 1. The van der Waals surface area contributed by atoms with Crippen molar-refractivity contribution in [1.29, 1.82) is 0 Å². The molecule has 0 aliphatic carbocycles. The molecule has 1 aromatic carbocycles. The van der Waals surface area contributed by atoms with Gasteiger partial charge in [-0.1, -0.05) is 6.92 Å². The summed E-state index contributed by atoms with van der Waals surface area (Å²) in [7, 11) is 1.37. The quantitative estimate of drug-likeness (QED) is 0.175. The zero-order valence-electron chi connectivity index (χ0n) is 28.4. The van der Waals surface area contributed by atoms with Crippen LogP contribution in [0, 0.1) is 0 Å². The topological polar surface area (TPSA) is 161 Å². The lowest BCUT2D eigenvalue weighted by molar-refractivity contribution is -0.219. The van der Waals surface area contributed by atoms with Gasteiger partial charge in [0, 0.05) is 31.5 Å². The van der Waals surface area contributed by atoms with Gasteiger partial charge in [0.25, 0.3) is 0 Å². The Bertz CT molecular complexity index is 1790. The number of halogens is 12.